The van der Waals surface area contributed by atoms with Gasteiger partial charge in [-0.25, -0.2) is 0 Å². The van der Waals surface area contributed by atoms with Crippen LogP contribution in [0, 0.1) is 0 Å². The maximum Gasteiger partial charge on any atom is 0.118 e. The van der Waals surface area contributed by atoms with E-state index >= 15 is 0 Å². The fourth-order valence-electron chi connectivity index (χ4n) is 3.74. The summed E-state index contributed by atoms with van der Waals surface area (Å²) < 4.78 is 16.7. The average molecular weight is 384 g/mol. The molecule has 1 aromatic rings. The monoisotopic (exact) mass is 384 g/mol. The second-order valence-electron chi connectivity index (χ2n) is 6.85. The minimum Gasteiger partial charge on any atom is -0.497 e. The van der Waals surface area contributed by atoms with Crippen LogP contribution in [0.25, 0.3) is 0 Å². The molecule has 0 heterocycles. The summed E-state index contributed by atoms with van der Waals surface area (Å²) >= 11 is 0. The van der Waals surface area contributed by atoms with E-state index in [0.717, 1.165) is 5.75 Å². The van der Waals surface area contributed by atoms with Gasteiger partial charge in [0.1, 0.15) is 5.75 Å². The number of rotatable bonds is 8. The van der Waals surface area contributed by atoms with Crippen LogP contribution in [-0.4, -0.2) is 44.9 Å². The Morgan fingerprint density at radius 2 is 1.26 bits per heavy atom. The molecule has 0 fully saturated rings. The first-order chi connectivity index (χ1) is 13.1. The van der Waals surface area contributed by atoms with Crippen LogP contribution >= 0.6 is 7.92 Å². The molecule has 2 unspecified atom stereocenters. The van der Waals surface area contributed by atoms with Gasteiger partial charge in [0.25, 0.3) is 0 Å². The third kappa shape index (κ3) is 4.11. The van der Waals surface area contributed by atoms with Crippen LogP contribution in [0.3, 0.4) is 0 Å². The van der Waals surface area contributed by atoms with Crippen LogP contribution in [-0.2, 0) is 9.47 Å². The number of hydrogen-bond donors (Lipinski definition) is 0. The molecule has 0 aliphatic heterocycles. The van der Waals surface area contributed by atoms with E-state index in [1.54, 1.807) is 21.3 Å². The van der Waals surface area contributed by atoms with Crippen molar-refractivity contribution in [3.8, 4) is 5.75 Å². The highest BCUT2D eigenvalue weighted by atomic mass is 31.1. The number of ether oxygens (including phenoxy) is 3. The van der Waals surface area contributed by atoms with Crippen molar-refractivity contribution in [2.45, 2.75) is 37.4 Å². The Kier molecular flexibility index (Phi) is 6.70. The van der Waals surface area contributed by atoms with Crippen molar-refractivity contribution >= 4 is 13.2 Å². The summed E-state index contributed by atoms with van der Waals surface area (Å²) in [5.41, 5.74) is 3.40. The third-order valence-electron chi connectivity index (χ3n) is 5.46. The van der Waals surface area contributed by atoms with Gasteiger partial charge >= 0.3 is 0 Å². The van der Waals surface area contributed by atoms with Crippen molar-refractivity contribution < 1.29 is 14.2 Å². The molecule has 2 aliphatic carbocycles. The van der Waals surface area contributed by atoms with Gasteiger partial charge in [-0.1, -0.05) is 56.5 Å². The minimum absolute atomic E-state index is 0.103. The Morgan fingerprint density at radius 3 is 1.67 bits per heavy atom. The first kappa shape index (κ1) is 20.1. The number of benzene rings is 1. The molecule has 0 saturated heterocycles. The van der Waals surface area contributed by atoms with Gasteiger partial charge in [0, 0.05) is 25.5 Å². The molecule has 0 bridgehead atoms. The van der Waals surface area contributed by atoms with Crippen LogP contribution in [0.2, 0.25) is 0 Å². The molecule has 3 nitrogen and oxygen atoms in total. The predicted molar refractivity (Wildman–Crippen MR) is 115 cm³/mol. The fraction of sp³-hybridized carbons (Fsp3) is 0.391. The normalized spacial score (nSPS) is 24.5. The van der Waals surface area contributed by atoms with Crippen molar-refractivity contribution in [2.24, 2.45) is 0 Å². The van der Waals surface area contributed by atoms with Crippen molar-refractivity contribution in [2.75, 3.05) is 21.3 Å². The Hall–Kier alpha value is -1.67. The summed E-state index contributed by atoms with van der Waals surface area (Å²) in [7, 11) is 4.72. The van der Waals surface area contributed by atoms with E-state index in [1.165, 1.54) is 16.5 Å². The lowest BCUT2D eigenvalue weighted by Gasteiger charge is -2.35. The summed E-state index contributed by atoms with van der Waals surface area (Å²) in [4.78, 5) is 0. The zero-order chi connectivity index (χ0) is 19.4. The average Bonchev–Trinajstić information content (AvgIpc) is 3.38. The van der Waals surface area contributed by atoms with Crippen LogP contribution in [0.5, 0.6) is 5.75 Å². The first-order valence-corrected chi connectivity index (χ1v) is 10.8. The molecule has 4 atom stereocenters. The molecule has 0 amide bonds. The third-order valence-corrected chi connectivity index (χ3v) is 8.50. The smallest absolute Gasteiger partial charge is 0.118 e. The van der Waals surface area contributed by atoms with Gasteiger partial charge in [0.05, 0.1) is 19.3 Å². The molecule has 4 heteroatoms. The molecule has 27 heavy (non-hydrogen) atoms. The lowest BCUT2D eigenvalue weighted by molar-refractivity contribution is 0.145. The highest BCUT2D eigenvalue weighted by Gasteiger charge is 2.37. The van der Waals surface area contributed by atoms with E-state index in [9.17, 15) is 0 Å². The van der Waals surface area contributed by atoms with E-state index in [0.29, 0.717) is 11.3 Å². The second-order valence-corrected chi connectivity index (χ2v) is 9.30. The van der Waals surface area contributed by atoms with Gasteiger partial charge in [0.2, 0.25) is 0 Å². The summed E-state index contributed by atoms with van der Waals surface area (Å²) in [6, 6.07) is 8.56. The Morgan fingerprint density at radius 1 is 0.778 bits per heavy atom. The maximum atomic E-state index is 5.67. The number of allylic oxidation sites excluding steroid dienone is 6. The second kappa shape index (κ2) is 9.01. The lowest BCUT2D eigenvalue weighted by atomic mass is 10.1. The molecule has 0 radical (unpaired) electrons. The van der Waals surface area contributed by atoms with E-state index in [4.69, 9.17) is 14.2 Å². The zero-order valence-corrected chi connectivity index (χ0v) is 17.6. The van der Waals surface area contributed by atoms with Crippen molar-refractivity contribution in [3.05, 3.63) is 71.9 Å². The topological polar surface area (TPSA) is 27.7 Å². The van der Waals surface area contributed by atoms with Crippen LogP contribution in [0.1, 0.15) is 13.8 Å². The van der Waals surface area contributed by atoms with Crippen molar-refractivity contribution in [1.29, 1.82) is 0 Å². The van der Waals surface area contributed by atoms with Gasteiger partial charge < -0.3 is 14.2 Å². The SMILES string of the molecule is COc1ccc(P(C2C=CC=C2[C@H](C)OC)C2C=CC=C2[C@H](C)OC)cc1. The first-order valence-electron chi connectivity index (χ1n) is 9.35. The summed E-state index contributed by atoms with van der Waals surface area (Å²) in [6.07, 6.45) is 13.7. The van der Waals surface area contributed by atoms with Gasteiger partial charge in [-0.15, -0.1) is 0 Å². The fourth-order valence-corrected chi connectivity index (χ4v) is 7.03. The summed E-state index contributed by atoms with van der Waals surface area (Å²) in [5, 5.41) is 1.36. The largest absolute Gasteiger partial charge is 0.497 e. The van der Waals surface area contributed by atoms with Crippen LogP contribution < -0.4 is 10.0 Å². The number of methoxy groups -OCH3 is 3. The lowest BCUT2D eigenvalue weighted by Crippen LogP contribution is -2.28. The quantitative estimate of drug-likeness (QED) is 0.613. The van der Waals surface area contributed by atoms with E-state index < -0.39 is 7.92 Å². The highest BCUT2D eigenvalue weighted by molar-refractivity contribution is 7.68. The summed E-state index contributed by atoms with van der Waals surface area (Å²) in [5.74, 6) is 0.889. The minimum atomic E-state index is -0.556. The predicted octanol–water partition coefficient (Wildman–Crippen LogP) is 4.60. The van der Waals surface area contributed by atoms with Crippen molar-refractivity contribution in [1.82, 2.24) is 0 Å². The Bertz CT molecular complexity index is 718. The molecule has 0 aromatic heterocycles. The molecular weight excluding hydrogens is 355 g/mol. The van der Waals surface area contributed by atoms with Gasteiger partial charge in [0.15, 0.2) is 0 Å². The van der Waals surface area contributed by atoms with Crippen molar-refractivity contribution in [3.63, 3.8) is 0 Å². The Labute approximate surface area is 164 Å². The van der Waals surface area contributed by atoms with Gasteiger partial charge in [-0.3, -0.25) is 0 Å². The maximum absolute atomic E-state index is 5.67. The zero-order valence-electron chi connectivity index (χ0n) is 16.8. The van der Waals surface area contributed by atoms with Gasteiger partial charge in [-0.2, -0.15) is 0 Å². The molecule has 0 N–H and O–H groups in total. The molecule has 1 aromatic carbocycles. The van der Waals surface area contributed by atoms with E-state index in [1.807, 2.05) is 0 Å². The molecule has 3 rings (SSSR count). The molecule has 144 valence electrons. The van der Waals surface area contributed by atoms with Crippen LogP contribution in [0.4, 0.5) is 0 Å². The number of hydrogen-bond acceptors (Lipinski definition) is 3. The summed E-state index contributed by atoms with van der Waals surface area (Å²) in [6.45, 7) is 4.26. The van der Waals surface area contributed by atoms with E-state index in [2.05, 4.69) is 74.6 Å². The van der Waals surface area contributed by atoms with Gasteiger partial charge in [-0.05, 0) is 42.4 Å². The molecule has 0 spiro atoms. The van der Waals surface area contributed by atoms with Crippen LogP contribution in [0.15, 0.2) is 71.9 Å². The molecule has 2 aliphatic rings. The standard InChI is InChI=1S/C23H29O3P/c1-16(24-3)20-8-6-10-22(20)27(19-14-12-18(26-5)13-15-19)23-11-7-9-21(23)17(2)25-4/h6-17,22-23H,1-5H3/t16-,17-,22?,23?,27?/m0/s1. The molecular formula is C23H29O3P. The highest BCUT2D eigenvalue weighted by Crippen LogP contribution is 2.55. The molecule has 0 saturated carbocycles. The van der Waals surface area contributed by atoms with E-state index in [-0.39, 0.29) is 12.2 Å². The Balaban J connectivity index is 2.02.